The van der Waals surface area contributed by atoms with Gasteiger partial charge in [0, 0.05) is 44.0 Å². The van der Waals surface area contributed by atoms with E-state index in [1.54, 1.807) is 12.1 Å². The number of fused-ring (bicyclic) bond motifs is 1. The van der Waals surface area contributed by atoms with Crippen LogP contribution in [0.2, 0.25) is 0 Å². The number of Topliss-reactive ketones (excluding diaryl/α,β-unsaturated/α-hetero) is 1. The van der Waals surface area contributed by atoms with Crippen molar-refractivity contribution in [2.75, 3.05) is 48.1 Å². The molecule has 3 aromatic rings. The number of carbonyl (C=O) groups excluding carboxylic acids is 2. The smallest absolute Gasteiger partial charge is 0.233 e. The molecule has 3 aliphatic heterocycles. The van der Waals surface area contributed by atoms with Gasteiger partial charge in [0.05, 0.1) is 6.42 Å². The van der Waals surface area contributed by atoms with Gasteiger partial charge in [0.1, 0.15) is 0 Å². The Kier molecular flexibility index (Phi) is 8.11. The van der Waals surface area contributed by atoms with Crippen molar-refractivity contribution in [2.24, 2.45) is 0 Å². The van der Waals surface area contributed by atoms with Gasteiger partial charge in [-0.05, 0) is 80.5 Å². The summed E-state index contributed by atoms with van der Waals surface area (Å²) in [5.41, 5.74) is 2.09. The minimum Gasteiger partial charge on any atom is -0.454 e. The molecular weight excluding hydrogens is 522 g/mol. The van der Waals surface area contributed by atoms with Gasteiger partial charge in [-0.25, -0.2) is 0 Å². The third kappa shape index (κ3) is 6.67. The molecule has 214 valence electrons. The monoisotopic (exact) mass is 557 g/mol. The molecule has 0 spiro atoms. The van der Waals surface area contributed by atoms with Crippen LogP contribution in [0.25, 0.3) is 0 Å². The Labute approximate surface area is 239 Å². The largest absolute Gasteiger partial charge is 0.454 e. The summed E-state index contributed by atoms with van der Waals surface area (Å²) in [5.74, 6) is 2.67. The highest BCUT2D eigenvalue weighted by molar-refractivity contribution is 6.07. The summed E-state index contributed by atoms with van der Waals surface area (Å²) in [6.07, 6.45) is 6.79. The molecule has 0 aliphatic carbocycles. The van der Waals surface area contributed by atoms with Crippen molar-refractivity contribution in [3.05, 3.63) is 53.6 Å². The summed E-state index contributed by atoms with van der Waals surface area (Å²) in [6.45, 7) is 4.29. The number of nitrogens with zero attached hydrogens (tertiary/aromatic N) is 5. The van der Waals surface area contributed by atoms with E-state index in [0.29, 0.717) is 41.5 Å². The predicted octanol–water partition coefficient (Wildman–Crippen LogP) is 4.21. The van der Waals surface area contributed by atoms with Gasteiger partial charge < -0.3 is 29.9 Å². The van der Waals surface area contributed by atoms with E-state index >= 15 is 0 Å². The maximum Gasteiger partial charge on any atom is 0.233 e. The molecule has 0 bridgehead atoms. The minimum absolute atomic E-state index is 0.197. The summed E-state index contributed by atoms with van der Waals surface area (Å²) < 4.78 is 10.7. The van der Waals surface area contributed by atoms with Crippen molar-refractivity contribution in [2.45, 2.75) is 51.5 Å². The van der Waals surface area contributed by atoms with E-state index in [2.05, 4.69) is 20.4 Å². The molecule has 6 rings (SSSR count). The molecule has 0 atom stereocenters. The number of hydrogen-bond donors (Lipinski definition) is 2. The van der Waals surface area contributed by atoms with Gasteiger partial charge in [0.2, 0.25) is 30.5 Å². The number of piperidine rings is 2. The number of nitrogens with one attached hydrogen (secondary N) is 2. The molecular formula is C30H35N7O4. The van der Waals surface area contributed by atoms with Crippen molar-refractivity contribution in [3.63, 3.8) is 0 Å². The van der Waals surface area contributed by atoms with Crippen LogP contribution in [0.5, 0.6) is 11.5 Å². The van der Waals surface area contributed by atoms with Crippen molar-refractivity contribution >= 4 is 35.2 Å². The van der Waals surface area contributed by atoms with Crippen molar-refractivity contribution in [1.82, 2.24) is 20.3 Å². The number of amides is 1. The molecule has 0 saturated carbocycles. The first-order chi connectivity index (χ1) is 20.1. The number of carbonyl (C=O) groups is 2. The standard InChI is InChI=1S/C30H35N7O4/c38-24(18-27(39)31-19-21-7-12-25-26(17-21)41-20-40-25)22-8-10-23(11-9-22)32-28-33-29(36-13-3-1-4-14-36)35-30(34-28)37-15-5-2-6-16-37/h7-12,17H,1-6,13-16,18-20H2,(H,31,39)(H,32,33,34,35). The molecule has 41 heavy (non-hydrogen) atoms. The number of anilines is 4. The molecule has 11 heteroatoms. The van der Waals surface area contributed by atoms with Crippen molar-refractivity contribution in [3.8, 4) is 11.5 Å². The first-order valence-electron chi connectivity index (χ1n) is 14.4. The van der Waals surface area contributed by atoms with Crippen molar-refractivity contribution in [1.29, 1.82) is 0 Å². The van der Waals surface area contributed by atoms with Gasteiger partial charge in [-0.3, -0.25) is 9.59 Å². The van der Waals surface area contributed by atoms with E-state index in [9.17, 15) is 9.59 Å². The summed E-state index contributed by atoms with van der Waals surface area (Å²) in [6, 6.07) is 12.5. The Morgan fingerprint density at radius 3 is 2.05 bits per heavy atom. The lowest BCUT2D eigenvalue weighted by atomic mass is 10.1. The number of benzene rings is 2. The van der Waals surface area contributed by atoms with Crippen LogP contribution < -0.4 is 29.9 Å². The van der Waals surface area contributed by atoms with E-state index in [1.807, 2.05) is 30.3 Å². The van der Waals surface area contributed by atoms with Gasteiger partial charge in [0.15, 0.2) is 17.3 Å². The molecule has 0 unspecified atom stereocenters. The number of hydrogen-bond acceptors (Lipinski definition) is 10. The van der Waals surface area contributed by atoms with Gasteiger partial charge in [-0.15, -0.1) is 0 Å². The molecule has 2 fully saturated rings. The van der Waals surface area contributed by atoms with Gasteiger partial charge >= 0.3 is 0 Å². The van der Waals surface area contributed by atoms with Gasteiger partial charge in [-0.1, -0.05) is 6.07 Å². The Balaban J connectivity index is 1.08. The number of rotatable bonds is 9. The summed E-state index contributed by atoms with van der Waals surface area (Å²) in [7, 11) is 0. The fourth-order valence-corrected chi connectivity index (χ4v) is 5.31. The molecule has 4 heterocycles. The molecule has 2 saturated heterocycles. The lowest BCUT2D eigenvalue weighted by Gasteiger charge is -2.30. The Morgan fingerprint density at radius 1 is 0.756 bits per heavy atom. The van der Waals surface area contributed by atoms with Gasteiger partial charge in [-0.2, -0.15) is 15.0 Å². The third-order valence-corrected chi connectivity index (χ3v) is 7.60. The lowest BCUT2D eigenvalue weighted by Crippen LogP contribution is -2.34. The van der Waals surface area contributed by atoms with Crippen LogP contribution in [-0.2, 0) is 11.3 Å². The summed E-state index contributed by atoms with van der Waals surface area (Å²) >= 11 is 0. The van der Waals surface area contributed by atoms with Crippen LogP contribution in [0.15, 0.2) is 42.5 Å². The lowest BCUT2D eigenvalue weighted by molar-refractivity contribution is -0.120. The normalized spacial score (nSPS) is 16.4. The van der Waals surface area contributed by atoms with Crippen molar-refractivity contribution < 1.29 is 19.1 Å². The highest BCUT2D eigenvalue weighted by Gasteiger charge is 2.21. The Bertz CT molecular complexity index is 1350. The second-order valence-corrected chi connectivity index (χ2v) is 10.6. The minimum atomic E-state index is -0.337. The van der Waals surface area contributed by atoms with Crippen LogP contribution in [0.4, 0.5) is 23.5 Å². The second kappa shape index (κ2) is 12.4. The molecule has 2 N–H and O–H groups in total. The molecule has 1 aromatic heterocycles. The first-order valence-corrected chi connectivity index (χ1v) is 14.4. The summed E-state index contributed by atoms with van der Waals surface area (Å²) in [4.78, 5) is 44.0. The Hall–Kier alpha value is -4.41. The van der Waals surface area contributed by atoms with Gasteiger partial charge in [0.25, 0.3) is 0 Å². The maximum atomic E-state index is 12.8. The summed E-state index contributed by atoms with van der Waals surface area (Å²) in [5, 5.41) is 6.10. The third-order valence-electron chi connectivity index (χ3n) is 7.60. The number of aromatic nitrogens is 3. The van der Waals surface area contributed by atoms with E-state index in [0.717, 1.165) is 63.1 Å². The highest BCUT2D eigenvalue weighted by Crippen LogP contribution is 2.32. The van der Waals surface area contributed by atoms with Crippen LogP contribution >= 0.6 is 0 Å². The van der Waals surface area contributed by atoms with Crippen LogP contribution in [0.1, 0.15) is 60.9 Å². The quantitative estimate of drug-likeness (QED) is 0.292. The average Bonchev–Trinajstić information content (AvgIpc) is 3.49. The van der Waals surface area contributed by atoms with Crippen LogP contribution in [-0.4, -0.2) is 59.6 Å². The van der Waals surface area contributed by atoms with Crippen LogP contribution in [0, 0.1) is 0 Å². The first kappa shape index (κ1) is 26.8. The zero-order chi connectivity index (χ0) is 28.0. The molecule has 0 radical (unpaired) electrons. The maximum absolute atomic E-state index is 12.8. The second-order valence-electron chi connectivity index (χ2n) is 10.6. The number of ether oxygens (including phenoxy) is 2. The fraction of sp³-hybridized carbons (Fsp3) is 0.433. The zero-order valence-corrected chi connectivity index (χ0v) is 23.1. The van der Waals surface area contributed by atoms with E-state index in [-0.39, 0.29) is 24.9 Å². The van der Waals surface area contributed by atoms with E-state index < -0.39 is 0 Å². The number of ketones is 1. The predicted molar refractivity (Wildman–Crippen MR) is 155 cm³/mol. The van der Waals surface area contributed by atoms with E-state index in [4.69, 9.17) is 24.4 Å². The SMILES string of the molecule is O=C(CC(=O)c1ccc(Nc2nc(N3CCCCC3)nc(N3CCCCC3)n2)cc1)NCc1ccc2c(c1)OCO2. The fourth-order valence-electron chi connectivity index (χ4n) is 5.31. The Morgan fingerprint density at radius 2 is 1.39 bits per heavy atom. The molecule has 1 amide bonds. The molecule has 3 aliphatic rings. The zero-order valence-electron chi connectivity index (χ0n) is 23.1. The van der Waals surface area contributed by atoms with Crippen LogP contribution in [0.3, 0.4) is 0 Å². The topological polar surface area (TPSA) is 122 Å². The average molecular weight is 558 g/mol. The highest BCUT2D eigenvalue weighted by atomic mass is 16.7. The molecule has 2 aromatic carbocycles. The molecule has 11 nitrogen and oxygen atoms in total. The van der Waals surface area contributed by atoms with E-state index in [1.165, 1.54) is 12.8 Å².